The normalized spacial score (nSPS) is 43.8. The van der Waals surface area contributed by atoms with Crippen LogP contribution >= 0.6 is 0 Å². The summed E-state index contributed by atoms with van der Waals surface area (Å²) in [7, 11) is 0. The third-order valence-electron chi connectivity index (χ3n) is 3.38. The molecule has 0 aromatic heterocycles. The van der Waals surface area contributed by atoms with Crippen molar-refractivity contribution in [3.8, 4) is 0 Å². The molecule has 0 saturated heterocycles. The lowest BCUT2D eigenvalue weighted by Gasteiger charge is -2.23. The van der Waals surface area contributed by atoms with Crippen LogP contribution < -0.4 is 5.73 Å². The molecule has 2 fully saturated rings. The molecule has 2 aliphatic carbocycles. The van der Waals surface area contributed by atoms with E-state index < -0.39 is 0 Å². The quantitative estimate of drug-likeness (QED) is 0.590. The summed E-state index contributed by atoms with van der Waals surface area (Å²) in [4.78, 5) is 0. The zero-order valence-electron chi connectivity index (χ0n) is 6.77. The average molecular weight is 139 g/mol. The Bertz CT molecular complexity index is 136. The molecular weight excluding hydrogens is 122 g/mol. The highest BCUT2D eigenvalue weighted by molar-refractivity contribution is 5.04. The number of hydrogen-bond acceptors (Lipinski definition) is 1. The van der Waals surface area contributed by atoms with Gasteiger partial charge in [0.25, 0.3) is 0 Å². The third kappa shape index (κ3) is 0.878. The van der Waals surface area contributed by atoms with Gasteiger partial charge in [-0.2, -0.15) is 0 Å². The molecule has 0 spiro atoms. The summed E-state index contributed by atoms with van der Waals surface area (Å²) in [5, 5.41) is 0. The first-order valence-electron chi connectivity index (χ1n) is 4.51. The molecule has 0 aliphatic heterocycles. The summed E-state index contributed by atoms with van der Waals surface area (Å²) in [6, 6.07) is 0. The summed E-state index contributed by atoms with van der Waals surface area (Å²) in [6.45, 7) is 2.33. The molecule has 1 heteroatoms. The predicted molar refractivity (Wildman–Crippen MR) is 42.7 cm³/mol. The molecule has 0 radical (unpaired) electrons. The fourth-order valence-corrected chi connectivity index (χ4v) is 2.53. The highest BCUT2D eigenvalue weighted by Gasteiger charge is 2.48. The Morgan fingerprint density at radius 3 is 2.20 bits per heavy atom. The van der Waals surface area contributed by atoms with Crippen LogP contribution in [0.2, 0.25) is 0 Å². The van der Waals surface area contributed by atoms with E-state index in [4.69, 9.17) is 5.73 Å². The van der Waals surface area contributed by atoms with Gasteiger partial charge in [0.15, 0.2) is 0 Å². The molecular formula is C9H17N. The van der Waals surface area contributed by atoms with Gasteiger partial charge in [0.2, 0.25) is 0 Å². The van der Waals surface area contributed by atoms with E-state index in [9.17, 15) is 0 Å². The Labute approximate surface area is 63.0 Å². The van der Waals surface area contributed by atoms with Crippen molar-refractivity contribution in [2.24, 2.45) is 17.6 Å². The summed E-state index contributed by atoms with van der Waals surface area (Å²) in [5.41, 5.74) is 6.53. The van der Waals surface area contributed by atoms with Crippen LogP contribution in [0, 0.1) is 11.8 Å². The minimum Gasteiger partial charge on any atom is -0.325 e. The van der Waals surface area contributed by atoms with E-state index in [2.05, 4.69) is 6.92 Å². The van der Waals surface area contributed by atoms with Crippen molar-refractivity contribution in [1.82, 2.24) is 0 Å². The second-order valence-corrected chi connectivity index (χ2v) is 4.26. The van der Waals surface area contributed by atoms with Crippen LogP contribution in [-0.2, 0) is 0 Å². The average Bonchev–Trinajstić information content (AvgIpc) is 2.44. The summed E-state index contributed by atoms with van der Waals surface area (Å²) in [6.07, 6.45) is 6.74. The predicted octanol–water partition coefficient (Wildman–Crippen LogP) is 1.91. The van der Waals surface area contributed by atoms with Gasteiger partial charge in [0.1, 0.15) is 0 Å². The minimum atomic E-state index is 0.277. The van der Waals surface area contributed by atoms with E-state index in [-0.39, 0.29) is 5.54 Å². The molecule has 2 aliphatic rings. The van der Waals surface area contributed by atoms with E-state index in [0.29, 0.717) is 0 Å². The smallest absolute Gasteiger partial charge is 0.0185 e. The van der Waals surface area contributed by atoms with Gasteiger partial charge in [0.05, 0.1) is 0 Å². The first kappa shape index (κ1) is 6.66. The van der Waals surface area contributed by atoms with Crippen molar-refractivity contribution < 1.29 is 0 Å². The van der Waals surface area contributed by atoms with Gasteiger partial charge in [-0.3, -0.25) is 0 Å². The molecule has 0 bridgehead atoms. The first-order chi connectivity index (χ1) is 4.72. The van der Waals surface area contributed by atoms with Gasteiger partial charge in [-0.1, -0.05) is 19.8 Å². The van der Waals surface area contributed by atoms with Gasteiger partial charge in [-0.25, -0.2) is 0 Å². The highest BCUT2D eigenvalue weighted by atomic mass is 14.8. The maximum Gasteiger partial charge on any atom is 0.0185 e. The largest absolute Gasteiger partial charge is 0.325 e. The fourth-order valence-electron chi connectivity index (χ4n) is 2.53. The number of rotatable bonds is 1. The molecule has 2 N–H and O–H groups in total. The Morgan fingerprint density at radius 2 is 1.80 bits per heavy atom. The number of nitrogens with two attached hydrogens (primary N) is 1. The second kappa shape index (κ2) is 1.97. The lowest BCUT2D eigenvalue weighted by atomic mass is 9.92. The van der Waals surface area contributed by atoms with Crippen LogP contribution in [0.25, 0.3) is 0 Å². The highest BCUT2D eigenvalue weighted by Crippen LogP contribution is 2.50. The third-order valence-corrected chi connectivity index (χ3v) is 3.38. The van der Waals surface area contributed by atoms with E-state index in [1.54, 1.807) is 0 Å². The van der Waals surface area contributed by atoms with Gasteiger partial charge < -0.3 is 5.73 Å². The molecule has 0 heterocycles. The summed E-state index contributed by atoms with van der Waals surface area (Å²) >= 11 is 0. The van der Waals surface area contributed by atoms with Crippen molar-refractivity contribution in [2.75, 3.05) is 0 Å². The first-order valence-corrected chi connectivity index (χ1v) is 4.51. The topological polar surface area (TPSA) is 26.0 Å². The van der Waals surface area contributed by atoms with E-state index in [1.165, 1.54) is 32.1 Å². The fraction of sp³-hybridized carbons (Fsp3) is 1.00. The molecule has 2 atom stereocenters. The van der Waals surface area contributed by atoms with Crippen LogP contribution in [-0.4, -0.2) is 5.54 Å². The van der Waals surface area contributed by atoms with Crippen molar-refractivity contribution in [2.45, 2.75) is 44.6 Å². The molecule has 0 amide bonds. The SMILES string of the molecule is CC1CC1C1(N)CCCC1. The Balaban J connectivity index is 2.01. The molecule has 0 aromatic rings. The van der Waals surface area contributed by atoms with Crippen molar-refractivity contribution >= 4 is 0 Å². The van der Waals surface area contributed by atoms with Crippen LogP contribution in [0.15, 0.2) is 0 Å². The molecule has 2 saturated carbocycles. The lowest BCUT2D eigenvalue weighted by Crippen LogP contribution is -2.39. The van der Waals surface area contributed by atoms with Crippen LogP contribution in [0.3, 0.4) is 0 Å². The van der Waals surface area contributed by atoms with Crippen LogP contribution in [0.1, 0.15) is 39.0 Å². The Kier molecular flexibility index (Phi) is 1.31. The van der Waals surface area contributed by atoms with Crippen molar-refractivity contribution in [1.29, 1.82) is 0 Å². The van der Waals surface area contributed by atoms with Gasteiger partial charge >= 0.3 is 0 Å². The molecule has 0 aromatic carbocycles. The van der Waals surface area contributed by atoms with Crippen molar-refractivity contribution in [3.63, 3.8) is 0 Å². The van der Waals surface area contributed by atoms with Crippen LogP contribution in [0.5, 0.6) is 0 Å². The second-order valence-electron chi connectivity index (χ2n) is 4.26. The minimum absolute atomic E-state index is 0.277. The molecule has 2 unspecified atom stereocenters. The summed E-state index contributed by atoms with van der Waals surface area (Å²) in [5.74, 6) is 1.82. The Morgan fingerprint density at radius 1 is 1.30 bits per heavy atom. The Hall–Kier alpha value is -0.0400. The maximum absolute atomic E-state index is 6.25. The molecule has 2 rings (SSSR count). The van der Waals surface area contributed by atoms with Crippen LogP contribution in [0.4, 0.5) is 0 Å². The molecule has 1 nitrogen and oxygen atoms in total. The molecule has 10 heavy (non-hydrogen) atoms. The molecule has 58 valence electrons. The number of hydrogen-bond donors (Lipinski definition) is 1. The van der Waals surface area contributed by atoms with Crippen molar-refractivity contribution in [3.05, 3.63) is 0 Å². The van der Waals surface area contributed by atoms with E-state index in [1.807, 2.05) is 0 Å². The monoisotopic (exact) mass is 139 g/mol. The van der Waals surface area contributed by atoms with E-state index in [0.717, 1.165) is 11.8 Å². The van der Waals surface area contributed by atoms with Gasteiger partial charge in [-0.05, 0) is 31.1 Å². The van der Waals surface area contributed by atoms with Gasteiger partial charge in [0, 0.05) is 5.54 Å². The zero-order chi connectivity index (χ0) is 7.19. The maximum atomic E-state index is 6.25. The summed E-state index contributed by atoms with van der Waals surface area (Å²) < 4.78 is 0. The van der Waals surface area contributed by atoms with E-state index >= 15 is 0 Å². The zero-order valence-corrected chi connectivity index (χ0v) is 6.77. The standard InChI is InChI=1S/C9H17N/c1-7-6-8(7)9(10)4-2-3-5-9/h7-8H,2-6,10H2,1H3. The van der Waals surface area contributed by atoms with Gasteiger partial charge in [-0.15, -0.1) is 0 Å². The lowest BCUT2D eigenvalue weighted by molar-refractivity contribution is 0.366.